The van der Waals surface area contributed by atoms with Gasteiger partial charge >= 0.3 is 0 Å². The third-order valence-corrected chi connectivity index (χ3v) is 3.43. The zero-order chi connectivity index (χ0) is 14.7. The van der Waals surface area contributed by atoms with Gasteiger partial charge in [0.2, 0.25) is 0 Å². The number of nitrogens with one attached hydrogen (secondary N) is 1. The van der Waals surface area contributed by atoms with E-state index in [1.54, 1.807) is 16.7 Å². The van der Waals surface area contributed by atoms with E-state index in [1.165, 1.54) is 0 Å². The van der Waals surface area contributed by atoms with Crippen LogP contribution in [0.2, 0.25) is 0 Å². The second kappa shape index (κ2) is 5.91. The lowest BCUT2D eigenvalue weighted by Gasteiger charge is -2.19. The SMILES string of the molecule is CCn1cc(NCc2ccc3c(c2)OCCO3)ccc1=O. The molecule has 0 amide bonds. The fourth-order valence-corrected chi connectivity index (χ4v) is 2.28. The van der Waals surface area contributed by atoms with Crippen molar-refractivity contribution in [3.05, 3.63) is 52.4 Å². The summed E-state index contributed by atoms with van der Waals surface area (Å²) in [5, 5.41) is 3.31. The summed E-state index contributed by atoms with van der Waals surface area (Å²) in [6.07, 6.45) is 1.83. The normalized spacial score (nSPS) is 13.0. The van der Waals surface area contributed by atoms with Crippen molar-refractivity contribution in [2.75, 3.05) is 18.5 Å². The molecule has 1 N–H and O–H groups in total. The number of pyridine rings is 1. The molecule has 2 aromatic rings. The van der Waals surface area contributed by atoms with Gasteiger partial charge in [-0.3, -0.25) is 4.79 Å². The van der Waals surface area contributed by atoms with Gasteiger partial charge in [0.15, 0.2) is 11.5 Å². The first-order valence-corrected chi connectivity index (χ1v) is 7.09. The van der Waals surface area contributed by atoms with Crippen LogP contribution in [0, 0.1) is 0 Å². The van der Waals surface area contributed by atoms with Crippen molar-refractivity contribution in [3.8, 4) is 11.5 Å². The van der Waals surface area contributed by atoms with Crippen LogP contribution in [0.5, 0.6) is 11.5 Å². The Labute approximate surface area is 123 Å². The number of ether oxygens (including phenoxy) is 2. The number of aromatic nitrogens is 1. The third kappa shape index (κ3) is 3.02. The van der Waals surface area contributed by atoms with E-state index in [0.717, 1.165) is 22.7 Å². The Bertz CT molecular complexity index is 694. The van der Waals surface area contributed by atoms with Crippen molar-refractivity contribution in [2.45, 2.75) is 20.0 Å². The standard InChI is InChI=1S/C16H18N2O3/c1-2-18-11-13(4-6-16(18)19)17-10-12-3-5-14-15(9-12)21-8-7-20-14/h3-6,9,11,17H,2,7-8,10H2,1H3. The third-order valence-electron chi connectivity index (χ3n) is 3.43. The van der Waals surface area contributed by atoms with Crippen molar-refractivity contribution in [1.82, 2.24) is 4.57 Å². The van der Waals surface area contributed by atoms with Gasteiger partial charge in [0.1, 0.15) is 13.2 Å². The molecule has 0 fully saturated rings. The Hall–Kier alpha value is -2.43. The van der Waals surface area contributed by atoms with Gasteiger partial charge < -0.3 is 19.4 Å². The summed E-state index contributed by atoms with van der Waals surface area (Å²) in [5.74, 6) is 1.59. The second-order valence-corrected chi connectivity index (χ2v) is 4.87. The van der Waals surface area contributed by atoms with Gasteiger partial charge in [-0.25, -0.2) is 0 Å². The summed E-state index contributed by atoms with van der Waals surface area (Å²) >= 11 is 0. The highest BCUT2D eigenvalue weighted by atomic mass is 16.6. The number of benzene rings is 1. The van der Waals surface area contributed by atoms with E-state index >= 15 is 0 Å². The number of aryl methyl sites for hydroxylation is 1. The van der Waals surface area contributed by atoms with Gasteiger partial charge in [-0.05, 0) is 30.7 Å². The lowest BCUT2D eigenvalue weighted by Crippen LogP contribution is -2.18. The summed E-state index contributed by atoms with van der Waals surface area (Å²) in [7, 11) is 0. The molecule has 5 nitrogen and oxygen atoms in total. The predicted octanol–water partition coefficient (Wildman–Crippen LogP) is 2.25. The first kappa shape index (κ1) is 13.5. The minimum Gasteiger partial charge on any atom is -0.486 e. The Kier molecular flexibility index (Phi) is 3.81. The van der Waals surface area contributed by atoms with E-state index in [0.29, 0.717) is 26.3 Å². The first-order chi connectivity index (χ1) is 10.3. The first-order valence-electron chi connectivity index (χ1n) is 7.09. The molecule has 3 rings (SSSR count). The van der Waals surface area contributed by atoms with Gasteiger partial charge in [-0.1, -0.05) is 6.07 Å². The number of hydrogen-bond donors (Lipinski definition) is 1. The quantitative estimate of drug-likeness (QED) is 0.936. The van der Waals surface area contributed by atoms with Crippen molar-refractivity contribution >= 4 is 5.69 Å². The maximum Gasteiger partial charge on any atom is 0.250 e. The zero-order valence-corrected chi connectivity index (χ0v) is 12.0. The largest absolute Gasteiger partial charge is 0.486 e. The van der Waals surface area contributed by atoms with Crippen LogP contribution in [-0.2, 0) is 13.1 Å². The summed E-state index contributed by atoms with van der Waals surface area (Å²) in [4.78, 5) is 11.5. The molecule has 0 unspecified atom stereocenters. The average molecular weight is 286 g/mol. The second-order valence-electron chi connectivity index (χ2n) is 4.87. The molecular weight excluding hydrogens is 268 g/mol. The number of rotatable bonds is 4. The van der Waals surface area contributed by atoms with Crippen LogP contribution in [0.4, 0.5) is 5.69 Å². The molecule has 0 atom stereocenters. The summed E-state index contributed by atoms with van der Waals surface area (Å²) < 4.78 is 12.7. The van der Waals surface area contributed by atoms with E-state index in [2.05, 4.69) is 5.32 Å². The molecule has 1 aromatic heterocycles. The van der Waals surface area contributed by atoms with Gasteiger partial charge in [-0.2, -0.15) is 0 Å². The van der Waals surface area contributed by atoms with E-state index < -0.39 is 0 Å². The molecule has 0 saturated carbocycles. The van der Waals surface area contributed by atoms with E-state index in [9.17, 15) is 4.79 Å². The molecule has 1 aliphatic rings. The molecule has 0 spiro atoms. The van der Waals surface area contributed by atoms with Crippen LogP contribution < -0.4 is 20.3 Å². The van der Waals surface area contributed by atoms with Gasteiger partial charge in [0.25, 0.3) is 5.56 Å². The molecule has 110 valence electrons. The van der Waals surface area contributed by atoms with E-state index in [4.69, 9.17) is 9.47 Å². The molecule has 0 radical (unpaired) electrons. The molecule has 1 aliphatic heterocycles. The number of hydrogen-bond acceptors (Lipinski definition) is 4. The highest BCUT2D eigenvalue weighted by Gasteiger charge is 2.11. The minimum absolute atomic E-state index is 0.0161. The number of anilines is 1. The van der Waals surface area contributed by atoms with Crippen LogP contribution in [0.3, 0.4) is 0 Å². The predicted molar refractivity (Wildman–Crippen MR) is 81.1 cm³/mol. The van der Waals surface area contributed by atoms with Gasteiger partial charge in [0, 0.05) is 25.4 Å². The highest BCUT2D eigenvalue weighted by molar-refractivity contribution is 5.46. The Morgan fingerprint density at radius 1 is 1.14 bits per heavy atom. The topological polar surface area (TPSA) is 52.5 Å². The van der Waals surface area contributed by atoms with E-state index in [1.807, 2.05) is 31.3 Å². The van der Waals surface area contributed by atoms with E-state index in [-0.39, 0.29) is 5.56 Å². The van der Waals surface area contributed by atoms with Gasteiger partial charge in [0.05, 0.1) is 5.69 Å². The van der Waals surface area contributed by atoms with Crippen molar-refractivity contribution < 1.29 is 9.47 Å². The number of fused-ring (bicyclic) bond motifs is 1. The van der Waals surface area contributed by atoms with Crippen molar-refractivity contribution in [2.24, 2.45) is 0 Å². The fraction of sp³-hybridized carbons (Fsp3) is 0.312. The van der Waals surface area contributed by atoms with Crippen LogP contribution in [0.15, 0.2) is 41.3 Å². The minimum atomic E-state index is 0.0161. The molecule has 0 saturated heterocycles. The molecular formula is C16H18N2O3. The average Bonchev–Trinajstić information content (AvgIpc) is 2.54. The maximum absolute atomic E-state index is 11.5. The van der Waals surface area contributed by atoms with Crippen LogP contribution >= 0.6 is 0 Å². The Morgan fingerprint density at radius 2 is 1.95 bits per heavy atom. The Morgan fingerprint density at radius 3 is 2.76 bits per heavy atom. The smallest absolute Gasteiger partial charge is 0.250 e. The summed E-state index contributed by atoms with van der Waals surface area (Å²) in [5.41, 5.74) is 2.04. The van der Waals surface area contributed by atoms with Crippen molar-refractivity contribution in [3.63, 3.8) is 0 Å². The fourth-order valence-electron chi connectivity index (χ4n) is 2.28. The Balaban J connectivity index is 1.71. The van der Waals surface area contributed by atoms with Gasteiger partial charge in [-0.15, -0.1) is 0 Å². The molecule has 0 bridgehead atoms. The van der Waals surface area contributed by atoms with Crippen molar-refractivity contribution in [1.29, 1.82) is 0 Å². The molecule has 5 heteroatoms. The lowest BCUT2D eigenvalue weighted by atomic mass is 10.2. The maximum atomic E-state index is 11.5. The van der Waals surface area contributed by atoms with Crippen LogP contribution in [0.25, 0.3) is 0 Å². The lowest BCUT2D eigenvalue weighted by molar-refractivity contribution is 0.171. The molecule has 0 aliphatic carbocycles. The van der Waals surface area contributed by atoms with Crippen LogP contribution in [-0.4, -0.2) is 17.8 Å². The summed E-state index contributed by atoms with van der Waals surface area (Å²) in [6.45, 7) is 4.47. The highest BCUT2D eigenvalue weighted by Crippen LogP contribution is 2.30. The van der Waals surface area contributed by atoms with Crippen LogP contribution in [0.1, 0.15) is 12.5 Å². The number of nitrogens with zero attached hydrogens (tertiary/aromatic N) is 1. The summed E-state index contributed by atoms with van der Waals surface area (Å²) in [6, 6.07) is 9.30. The molecule has 21 heavy (non-hydrogen) atoms. The molecule has 2 heterocycles. The molecule has 1 aromatic carbocycles. The monoisotopic (exact) mass is 286 g/mol. The zero-order valence-electron chi connectivity index (χ0n) is 12.0.